The molecular formula is C13H21NO2S. The highest BCUT2D eigenvalue weighted by Crippen LogP contribution is 2.16. The minimum atomic E-state index is -0.839. The smallest absolute Gasteiger partial charge is 0.345 e. The van der Waals surface area contributed by atoms with Crippen molar-refractivity contribution in [3.05, 3.63) is 21.9 Å². The third kappa shape index (κ3) is 5.33. The molecule has 0 saturated heterocycles. The lowest BCUT2D eigenvalue weighted by atomic mass is 10.0. The van der Waals surface area contributed by atoms with Gasteiger partial charge in [-0.3, -0.25) is 0 Å². The zero-order valence-electron chi connectivity index (χ0n) is 10.7. The molecule has 0 spiro atoms. The average molecular weight is 255 g/mol. The van der Waals surface area contributed by atoms with Crippen LogP contribution < -0.4 is 5.32 Å². The fraction of sp³-hybridized carbons (Fsp3) is 0.615. The number of carboxylic acids is 1. The summed E-state index contributed by atoms with van der Waals surface area (Å²) in [5.74, 6) is -0.103. The molecule has 0 saturated carbocycles. The Morgan fingerprint density at radius 3 is 2.59 bits per heavy atom. The molecule has 17 heavy (non-hydrogen) atoms. The number of carboxylic acid groups (broad SMARTS) is 1. The highest BCUT2D eigenvalue weighted by atomic mass is 32.1. The van der Waals surface area contributed by atoms with Crippen molar-refractivity contribution in [3.63, 3.8) is 0 Å². The number of hydrogen-bond donors (Lipinski definition) is 2. The molecule has 1 rings (SSSR count). The molecule has 0 amide bonds. The Hall–Kier alpha value is -0.870. The van der Waals surface area contributed by atoms with Crippen LogP contribution in [0, 0.1) is 5.92 Å². The molecule has 1 aromatic heterocycles. The van der Waals surface area contributed by atoms with Crippen LogP contribution in [0.3, 0.4) is 0 Å². The van der Waals surface area contributed by atoms with E-state index in [0.29, 0.717) is 10.9 Å². The predicted molar refractivity (Wildman–Crippen MR) is 71.7 cm³/mol. The van der Waals surface area contributed by atoms with E-state index in [2.05, 4.69) is 26.1 Å². The first-order valence-electron chi connectivity index (χ1n) is 6.04. The number of aromatic carboxylic acids is 1. The van der Waals surface area contributed by atoms with E-state index in [0.717, 1.165) is 23.8 Å². The molecular weight excluding hydrogens is 234 g/mol. The van der Waals surface area contributed by atoms with Crippen LogP contribution in [-0.4, -0.2) is 17.1 Å². The Bertz CT molecular complexity index is 360. The van der Waals surface area contributed by atoms with Gasteiger partial charge in [0, 0.05) is 17.5 Å². The Morgan fingerprint density at radius 2 is 2.06 bits per heavy atom. The monoisotopic (exact) mass is 255 g/mol. The maximum absolute atomic E-state index is 10.7. The van der Waals surface area contributed by atoms with Gasteiger partial charge in [-0.05, 0) is 37.8 Å². The van der Waals surface area contributed by atoms with Crippen molar-refractivity contribution in [2.45, 2.75) is 46.2 Å². The fourth-order valence-electron chi connectivity index (χ4n) is 1.55. The van der Waals surface area contributed by atoms with E-state index in [1.807, 2.05) is 6.07 Å². The van der Waals surface area contributed by atoms with Crippen molar-refractivity contribution in [1.29, 1.82) is 0 Å². The van der Waals surface area contributed by atoms with Crippen molar-refractivity contribution in [2.75, 3.05) is 0 Å². The number of rotatable bonds is 7. The summed E-state index contributed by atoms with van der Waals surface area (Å²) >= 11 is 1.35. The van der Waals surface area contributed by atoms with Gasteiger partial charge in [-0.1, -0.05) is 13.8 Å². The summed E-state index contributed by atoms with van der Waals surface area (Å²) in [5.41, 5.74) is 0. The molecule has 1 unspecified atom stereocenters. The van der Waals surface area contributed by atoms with Crippen molar-refractivity contribution < 1.29 is 9.90 Å². The Kier molecular flexibility index (Phi) is 5.65. The van der Waals surface area contributed by atoms with E-state index < -0.39 is 5.97 Å². The van der Waals surface area contributed by atoms with Gasteiger partial charge in [0.15, 0.2) is 0 Å². The van der Waals surface area contributed by atoms with E-state index in [1.165, 1.54) is 17.8 Å². The molecule has 1 atom stereocenters. The third-order valence-electron chi connectivity index (χ3n) is 2.67. The molecule has 96 valence electrons. The van der Waals surface area contributed by atoms with Crippen LogP contribution in [-0.2, 0) is 6.54 Å². The number of carbonyl (C=O) groups is 1. The van der Waals surface area contributed by atoms with Crippen LogP contribution in [0.4, 0.5) is 0 Å². The molecule has 2 N–H and O–H groups in total. The van der Waals surface area contributed by atoms with Gasteiger partial charge >= 0.3 is 5.97 Å². The molecule has 1 heterocycles. The summed E-state index contributed by atoms with van der Waals surface area (Å²) in [7, 11) is 0. The molecule has 0 fully saturated rings. The molecule has 0 aliphatic rings. The van der Waals surface area contributed by atoms with Crippen molar-refractivity contribution in [2.24, 2.45) is 5.92 Å². The van der Waals surface area contributed by atoms with Crippen molar-refractivity contribution in [1.82, 2.24) is 5.32 Å². The largest absolute Gasteiger partial charge is 0.477 e. The van der Waals surface area contributed by atoms with Gasteiger partial charge in [-0.2, -0.15) is 0 Å². The summed E-state index contributed by atoms with van der Waals surface area (Å²) in [4.78, 5) is 12.2. The van der Waals surface area contributed by atoms with Gasteiger partial charge < -0.3 is 10.4 Å². The molecule has 3 nitrogen and oxygen atoms in total. The topological polar surface area (TPSA) is 49.3 Å². The van der Waals surface area contributed by atoms with Crippen LogP contribution in [0.5, 0.6) is 0 Å². The minimum Gasteiger partial charge on any atom is -0.477 e. The summed E-state index contributed by atoms with van der Waals surface area (Å²) in [6, 6.07) is 4.03. The van der Waals surface area contributed by atoms with Crippen LogP contribution in [0.1, 0.15) is 48.2 Å². The van der Waals surface area contributed by atoms with Gasteiger partial charge in [0.05, 0.1) is 0 Å². The maximum Gasteiger partial charge on any atom is 0.345 e. The zero-order valence-corrected chi connectivity index (χ0v) is 11.5. The lowest BCUT2D eigenvalue weighted by molar-refractivity contribution is 0.0702. The van der Waals surface area contributed by atoms with Gasteiger partial charge in [-0.15, -0.1) is 11.3 Å². The first kappa shape index (κ1) is 14.2. The molecule has 0 aromatic carbocycles. The van der Waals surface area contributed by atoms with Crippen molar-refractivity contribution in [3.8, 4) is 0 Å². The Balaban J connectivity index is 2.31. The third-order valence-corrected chi connectivity index (χ3v) is 3.75. The quantitative estimate of drug-likeness (QED) is 0.785. The van der Waals surface area contributed by atoms with Crippen LogP contribution in [0.25, 0.3) is 0 Å². The first-order valence-corrected chi connectivity index (χ1v) is 6.86. The summed E-state index contributed by atoms with van der Waals surface area (Å²) < 4.78 is 0. The minimum absolute atomic E-state index is 0.414. The van der Waals surface area contributed by atoms with Gasteiger partial charge in [-0.25, -0.2) is 4.79 Å². The molecule has 0 bridgehead atoms. The van der Waals surface area contributed by atoms with Crippen molar-refractivity contribution >= 4 is 17.3 Å². The Labute approximate surface area is 107 Å². The van der Waals surface area contributed by atoms with Gasteiger partial charge in [0.1, 0.15) is 4.88 Å². The second-order valence-corrected chi connectivity index (χ2v) is 5.99. The molecule has 0 aliphatic heterocycles. The SMILES string of the molecule is CC(C)CCC(C)NCc1ccc(C(=O)O)s1. The molecule has 1 aromatic rings. The van der Waals surface area contributed by atoms with Gasteiger partial charge in [0.2, 0.25) is 0 Å². The van der Waals surface area contributed by atoms with Crippen LogP contribution in [0.15, 0.2) is 12.1 Å². The number of nitrogens with one attached hydrogen (secondary N) is 1. The lowest BCUT2D eigenvalue weighted by Gasteiger charge is -2.14. The van der Waals surface area contributed by atoms with E-state index in [-0.39, 0.29) is 0 Å². The van der Waals surface area contributed by atoms with E-state index in [4.69, 9.17) is 5.11 Å². The number of hydrogen-bond acceptors (Lipinski definition) is 3. The molecule has 4 heteroatoms. The summed E-state index contributed by atoms with van der Waals surface area (Å²) in [6.07, 6.45) is 2.38. The normalized spacial score (nSPS) is 12.9. The predicted octanol–water partition coefficient (Wildman–Crippen LogP) is 3.36. The number of thiophene rings is 1. The highest BCUT2D eigenvalue weighted by Gasteiger charge is 2.08. The van der Waals surface area contributed by atoms with Crippen LogP contribution in [0.2, 0.25) is 0 Å². The summed E-state index contributed by atoms with van der Waals surface area (Å²) in [6.45, 7) is 7.39. The standard InChI is InChI=1S/C13H21NO2S/c1-9(2)4-5-10(3)14-8-11-6-7-12(17-11)13(15)16/h6-7,9-10,14H,4-5,8H2,1-3H3,(H,15,16). The Morgan fingerprint density at radius 1 is 1.35 bits per heavy atom. The highest BCUT2D eigenvalue weighted by molar-refractivity contribution is 7.13. The molecule has 0 radical (unpaired) electrons. The second kappa shape index (κ2) is 6.77. The average Bonchev–Trinajstić information content (AvgIpc) is 2.72. The first-order chi connectivity index (χ1) is 7.99. The zero-order chi connectivity index (χ0) is 12.8. The summed E-state index contributed by atoms with van der Waals surface area (Å²) in [5, 5.41) is 12.2. The second-order valence-electron chi connectivity index (χ2n) is 4.82. The van der Waals surface area contributed by atoms with Gasteiger partial charge in [0.25, 0.3) is 0 Å². The maximum atomic E-state index is 10.7. The lowest BCUT2D eigenvalue weighted by Crippen LogP contribution is -2.25. The van der Waals surface area contributed by atoms with Crippen LogP contribution >= 0.6 is 11.3 Å². The van der Waals surface area contributed by atoms with E-state index in [9.17, 15) is 4.79 Å². The molecule has 0 aliphatic carbocycles. The fourth-order valence-corrected chi connectivity index (χ4v) is 2.35. The van der Waals surface area contributed by atoms with E-state index >= 15 is 0 Å². The van der Waals surface area contributed by atoms with E-state index in [1.54, 1.807) is 6.07 Å².